The predicted octanol–water partition coefficient (Wildman–Crippen LogP) is 1.10. The molecule has 0 saturated heterocycles. The monoisotopic (exact) mass is 241 g/mol. The zero-order chi connectivity index (χ0) is 13.1. The number of hydrogen-bond acceptors (Lipinski definition) is 5. The highest BCUT2D eigenvalue weighted by atomic mass is 15.2. The maximum absolute atomic E-state index is 9.36. The lowest BCUT2D eigenvalue weighted by molar-refractivity contribution is 0.862. The number of pyridine rings is 1. The van der Waals surface area contributed by atoms with Crippen molar-refractivity contribution in [2.45, 2.75) is 18.8 Å². The Hall–Kier alpha value is -2.11. The van der Waals surface area contributed by atoms with Gasteiger partial charge in [-0.3, -0.25) is 0 Å². The molecule has 5 heteroatoms. The Kier molecular flexibility index (Phi) is 3.45. The first kappa shape index (κ1) is 12.3. The minimum Gasteiger partial charge on any atom is -0.357 e. The van der Waals surface area contributed by atoms with Gasteiger partial charge in [0.05, 0.1) is 11.1 Å². The van der Waals surface area contributed by atoms with Gasteiger partial charge in [0.1, 0.15) is 18.0 Å². The van der Waals surface area contributed by atoms with Crippen LogP contribution in [0.25, 0.3) is 0 Å². The van der Waals surface area contributed by atoms with Gasteiger partial charge in [0.2, 0.25) is 0 Å². The SMILES string of the molecule is CN(CCN)c1ncc(C#N)c(C2CC2)c1C#N. The van der Waals surface area contributed by atoms with Crippen molar-refractivity contribution in [2.24, 2.45) is 5.73 Å². The quantitative estimate of drug-likeness (QED) is 0.852. The molecule has 1 aliphatic rings. The summed E-state index contributed by atoms with van der Waals surface area (Å²) in [5.41, 5.74) is 7.45. The Balaban J connectivity index is 2.53. The standard InChI is InChI=1S/C13H15N5/c1-18(5-4-14)13-11(7-16)12(9-2-3-9)10(6-15)8-17-13/h8-9H,2-5,14H2,1H3. The molecule has 0 amide bonds. The van der Waals surface area contributed by atoms with Gasteiger partial charge in [-0.05, 0) is 24.3 Å². The molecule has 1 aliphatic carbocycles. The van der Waals surface area contributed by atoms with Crippen molar-refractivity contribution in [3.8, 4) is 12.1 Å². The van der Waals surface area contributed by atoms with Gasteiger partial charge in [0.25, 0.3) is 0 Å². The van der Waals surface area contributed by atoms with Gasteiger partial charge in [-0.15, -0.1) is 0 Å². The Morgan fingerprint density at radius 3 is 2.67 bits per heavy atom. The molecule has 0 radical (unpaired) electrons. The molecule has 1 fully saturated rings. The summed E-state index contributed by atoms with van der Waals surface area (Å²) in [7, 11) is 1.86. The van der Waals surface area contributed by atoms with Gasteiger partial charge in [0, 0.05) is 26.3 Å². The minimum absolute atomic E-state index is 0.349. The van der Waals surface area contributed by atoms with E-state index in [4.69, 9.17) is 11.0 Å². The van der Waals surface area contributed by atoms with Gasteiger partial charge in [-0.1, -0.05) is 0 Å². The highest BCUT2D eigenvalue weighted by Crippen LogP contribution is 2.44. The van der Waals surface area contributed by atoms with Crippen LogP contribution in [0, 0.1) is 22.7 Å². The maximum atomic E-state index is 9.36. The second kappa shape index (κ2) is 5.03. The van der Waals surface area contributed by atoms with E-state index in [0.717, 1.165) is 18.4 Å². The number of nitriles is 2. The van der Waals surface area contributed by atoms with Gasteiger partial charge < -0.3 is 10.6 Å². The van der Waals surface area contributed by atoms with E-state index in [1.807, 2.05) is 11.9 Å². The molecule has 0 aromatic carbocycles. The second-order valence-corrected chi connectivity index (χ2v) is 4.49. The first-order chi connectivity index (χ1) is 8.72. The van der Waals surface area contributed by atoms with Gasteiger partial charge >= 0.3 is 0 Å². The molecule has 18 heavy (non-hydrogen) atoms. The number of aromatic nitrogens is 1. The molecular formula is C13H15N5. The molecule has 2 N–H and O–H groups in total. The van der Waals surface area contributed by atoms with E-state index in [1.54, 1.807) is 6.20 Å². The van der Waals surface area contributed by atoms with Crippen LogP contribution in [0.15, 0.2) is 6.20 Å². The molecule has 1 heterocycles. The van der Waals surface area contributed by atoms with Crippen molar-refractivity contribution in [1.82, 2.24) is 4.98 Å². The molecule has 2 rings (SSSR count). The van der Waals surface area contributed by atoms with Crippen molar-refractivity contribution >= 4 is 5.82 Å². The van der Waals surface area contributed by atoms with Crippen LogP contribution in [0.2, 0.25) is 0 Å². The highest BCUT2D eigenvalue weighted by molar-refractivity contribution is 5.63. The average molecular weight is 241 g/mol. The van der Waals surface area contributed by atoms with Crippen LogP contribution in [0.3, 0.4) is 0 Å². The van der Waals surface area contributed by atoms with E-state index in [1.165, 1.54) is 0 Å². The lowest BCUT2D eigenvalue weighted by Gasteiger charge is -2.20. The summed E-state index contributed by atoms with van der Waals surface area (Å²) in [6.07, 6.45) is 3.66. The summed E-state index contributed by atoms with van der Waals surface area (Å²) >= 11 is 0. The molecule has 1 saturated carbocycles. The van der Waals surface area contributed by atoms with Crippen LogP contribution < -0.4 is 10.6 Å². The Bertz CT molecular complexity index is 534. The molecule has 92 valence electrons. The van der Waals surface area contributed by atoms with Gasteiger partial charge in [0.15, 0.2) is 0 Å². The normalized spacial score (nSPS) is 13.8. The maximum Gasteiger partial charge on any atom is 0.146 e. The van der Waals surface area contributed by atoms with Gasteiger partial charge in [-0.2, -0.15) is 10.5 Å². The average Bonchev–Trinajstić information content (AvgIpc) is 3.21. The van der Waals surface area contributed by atoms with E-state index in [0.29, 0.717) is 36.0 Å². The Labute approximate surface area is 106 Å². The van der Waals surface area contributed by atoms with Crippen LogP contribution in [0.1, 0.15) is 35.4 Å². The minimum atomic E-state index is 0.349. The zero-order valence-corrected chi connectivity index (χ0v) is 10.3. The molecule has 0 bridgehead atoms. The van der Waals surface area contributed by atoms with E-state index >= 15 is 0 Å². The largest absolute Gasteiger partial charge is 0.357 e. The first-order valence-corrected chi connectivity index (χ1v) is 5.97. The van der Waals surface area contributed by atoms with Crippen molar-refractivity contribution in [3.05, 3.63) is 22.9 Å². The summed E-state index contributed by atoms with van der Waals surface area (Å²) in [6, 6.07) is 4.34. The first-order valence-electron chi connectivity index (χ1n) is 5.97. The van der Waals surface area contributed by atoms with Crippen molar-refractivity contribution < 1.29 is 0 Å². The van der Waals surface area contributed by atoms with Crippen molar-refractivity contribution in [3.63, 3.8) is 0 Å². The number of hydrogen-bond donors (Lipinski definition) is 1. The third-order valence-electron chi connectivity index (χ3n) is 3.14. The fraction of sp³-hybridized carbons (Fsp3) is 0.462. The molecule has 1 aromatic heterocycles. The number of rotatable bonds is 4. The van der Waals surface area contributed by atoms with E-state index in [2.05, 4.69) is 17.1 Å². The van der Waals surface area contributed by atoms with Gasteiger partial charge in [-0.25, -0.2) is 4.98 Å². The fourth-order valence-corrected chi connectivity index (χ4v) is 2.10. The Morgan fingerprint density at radius 2 is 2.17 bits per heavy atom. The summed E-state index contributed by atoms with van der Waals surface area (Å²) < 4.78 is 0. The third kappa shape index (κ3) is 2.13. The summed E-state index contributed by atoms with van der Waals surface area (Å²) in [4.78, 5) is 6.10. The van der Waals surface area contributed by atoms with E-state index in [9.17, 15) is 5.26 Å². The summed E-state index contributed by atoms with van der Waals surface area (Å²) in [5, 5.41) is 18.5. The van der Waals surface area contributed by atoms with Crippen LogP contribution in [0.5, 0.6) is 0 Å². The Morgan fingerprint density at radius 1 is 1.44 bits per heavy atom. The zero-order valence-electron chi connectivity index (χ0n) is 10.3. The lowest BCUT2D eigenvalue weighted by atomic mass is 10.00. The van der Waals surface area contributed by atoms with Crippen LogP contribution in [-0.4, -0.2) is 25.1 Å². The van der Waals surface area contributed by atoms with E-state index < -0.39 is 0 Å². The number of nitrogens with two attached hydrogens (primary N) is 1. The fourth-order valence-electron chi connectivity index (χ4n) is 2.10. The topological polar surface area (TPSA) is 89.7 Å². The highest BCUT2D eigenvalue weighted by Gasteiger charge is 2.31. The van der Waals surface area contributed by atoms with Crippen LogP contribution in [0.4, 0.5) is 5.82 Å². The molecule has 0 unspecified atom stereocenters. The molecule has 0 atom stereocenters. The van der Waals surface area contributed by atoms with Crippen molar-refractivity contribution in [2.75, 3.05) is 25.0 Å². The smallest absolute Gasteiger partial charge is 0.146 e. The summed E-state index contributed by atoms with van der Waals surface area (Å²) in [6.45, 7) is 1.14. The molecular weight excluding hydrogens is 226 g/mol. The third-order valence-corrected chi connectivity index (χ3v) is 3.14. The molecule has 0 aliphatic heterocycles. The number of anilines is 1. The molecule has 0 spiro atoms. The second-order valence-electron chi connectivity index (χ2n) is 4.49. The molecule has 5 nitrogen and oxygen atoms in total. The number of likely N-dealkylation sites (N-methyl/N-ethyl adjacent to an activating group) is 1. The van der Waals surface area contributed by atoms with Crippen molar-refractivity contribution in [1.29, 1.82) is 10.5 Å². The van der Waals surface area contributed by atoms with Crippen LogP contribution >= 0.6 is 0 Å². The predicted molar refractivity (Wildman–Crippen MR) is 68.0 cm³/mol. The van der Waals surface area contributed by atoms with Crippen LogP contribution in [-0.2, 0) is 0 Å². The number of nitrogens with zero attached hydrogens (tertiary/aromatic N) is 4. The lowest BCUT2D eigenvalue weighted by Crippen LogP contribution is -2.27. The summed E-state index contributed by atoms with van der Waals surface area (Å²) in [5.74, 6) is 0.978. The molecule has 1 aromatic rings. The van der Waals surface area contributed by atoms with E-state index in [-0.39, 0.29) is 0 Å².